The molecular weight excluding hydrogens is 472 g/mol. The first kappa shape index (κ1) is 22.0. The van der Waals surface area contributed by atoms with E-state index in [1.165, 1.54) is 11.8 Å². The number of benzene rings is 2. The molecule has 0 aliphatic rings. The van der Waals surface area contributed by atoms with Gasteiger partial charge >= 0.3 is 0 Å². The van der Waals surface area contributed by atoms with Crippen LogP contribution in [0.5, 0.6) is 17.2 Å². The molecule has 0 saturated carbocycles. The van der Waals surface area contributed by atoms with E-state index < -0.39 is 0 Å². The number of amides is 1. The summed E-state index contributed by atoms with van der Waals surface area (Å²) in [4.78, 5) is 12.2. The lowest BCUT2D eigenvalue weighted by Crippen LogP contribution is -2.14. The van der Waals surface area contributed by atoms with E-state index in [-0.39, 0.29) is 11.7 Å². The maximum absolute atomic E-state index is 12.2. The molecule has 3 aromatic rings. The van der Waals surface area contributed by atoms with Crippen molar-refractivity contribution in [2.75, 3.05) is 32.4 Å². The second-order valence-corrected chi connectivity index (χ2v) is 7.98. The van der Waals surface area contributed by atoms with Crippen LogP contribution in [-0.4, -0.2) is 47.8 Å². The Balaban J connectivity index is 1.74. The van der Waals surface area contributed by atoms with E-state index in [1.54, 1.807) is 33.5 Å². The topological polar surface area (TPSA) is 87.5 Å². The highest BCUT2D eigenvalue weighted by Crippen LogP contribution is 2.41. The van der Waals surface area contributed by atoms with E-state index in [0.29, 0.717) is 28.2 Å². The second kappa shape index (κ2) is 9.86. The van der Waals surface area contributed by atoms with Gasteiger partial charge in [-0.1, -0.05) is 27.7 Å². The van der Waals surface area contributed by atoms with Crippen LogP contribution in [0.1, 0.15) is 0 Å². The van der Waals surface area contributed by atoms with Gasteiger partial charge in [0.1, 0.15) is 0 Å². The summed E-state index contributed by atoms with van der Waals surface area (Å²) in [5.41, 5.74) is 1.49. The first-order valence-corrected chi connectivity index (χ1v) is 10.6. The summed E-state index contributed by atoms with van der Waals surface area (Å²) >= 11 is 4.67. The predicted molar refractivity (Wildman–Crippen MR) is 120 cm³/mol. The Labute approximate surface area is 187 Å². The summed E-state index contributed by atoms with van der Waals surface area (Å²) in [6, 6.07) is 11.0. The van der Waals surface area contributed by atoms with Crippen LogP contribution in [0.25, 0.3) is 11.4 Å². The van der Waals surface area contributed by atoms with E-state index in [0.717, 1.165) is 15.7 Å². The highest BCUT2D eigenvalue weighted by atomic mass is 79.9. The third-order valence-corrected chi connectivity index (χ3v) is 5.77. The zero-order chi connectivity index (χ0) is 21.7. The number of carbonyl (C=O) groups is 1. The number of hydrogen-bond acceptors (Lipinski definition) is 7. The minimum absolute atomic E-state index is 0.125. The Kier molecular flexibility index (Phi) is 7.22. The van der Waals surface area contributed by atoms with Gasteiger partial charge in [0.15, 0.2) is 22.5 Å². The standard InChI is InChI=1S/C20H21BrN4O4S/c1-25-19(12-9-15(27-2)18(29-4)16(10-12)28-3)23-24-20(25)30-11-17(26)22-14-7-5-13(21)6-8-14/h5-10H,11H2,1-4H3,(H,22,26). The Morgan fingerprint density at radius 2 is 1.70 bits per heavy atom. The smallest absolute Gasteiger partial charge is 0.234 e. The Morgan fingerprint density at radius 3 is 2.27 bits per heavy atom. The fourth-order valence-electron chi connectivity index (χ4n) is 2.76. The van der Waals surface area contributed by atoms with Gasteiger partial charge in [-0.05, 0) is 36.4 Å². The number of carbonyl (C=O) groups excluding carboxylic acids is 1. The van der Waals surface area contributed by atoms with Crippen molar-refractivity contribution in [2.45, 2.75) is 5.16 Å². The SMILES string of the molecule is COc1cc(-c2nnc(SCC(=O)Nc3ccc(Br)cc3)n2C)cc(OC)c1OC. The number of thioether (sulfide) groups is 1. The van der Waals surface area contributed by atoms with Crippen LogP contribution in [0.2, 0.25) is 0 Å². The van der Waals surface area contributed by atoms with Crippen LogP contribution in [0, 0.1) is 0 Å². The first-order valence-electron chi connectivity index (χ1n) is 8.84. The van der Waals surface area contributed by atoms with Gasteiger partial charge in [-0.3, -0.25) is 4.79 Å². The van der Waals surface area contributed by atoms with Gasteiger partial charge in [-0.25, -0.2) is 0 Å². The van der Waals surface area contributed by atoms with E-state index in [1.807, 2.05) is 35.9 Å². The van der Waals surface area contributed by atoms with Gasteiger partial charge in [-0.2, -0.15) is 0 Å². The maximum atomic E-state index is 12.2. The summed E-state index contributed by atoms with van der Waals surface area (Å²) in [5.74, 6) is 2.25. The summed E-state index contributed by atoms with van der Waals surface area (Å²) in [6.07, 6.45) is 0. The van der Waals surface area contributed by atoms with Gasteiger partial charge < -0.3 is 24.1 Å². The lowest BCUT2D eigenvalue weighted by molar-refractivity contribution is -0.113. The van der Waals surface area contributed by atoms with Crippen molar-refractivity contribution in [3.63, 3.8) is 0 Å². The van der Waals surface area contributed by atoms with Crippen LogP contribution in [0.3, 0.4) is 0 Å². The summed E-state index contributed by atoms with van der Waals surface area (Å²) in [7, 11) is 6.51. The van der Waals surface area contributed by atoms with E-state index in [9.17, 15) is 4.79 Å². The molecule has 0 fully saturated rings. The van der Waals surface area contributed by atoms with Crippen LogP contribution >= 0.6 is 27.7 Å². The molecule has 1 heterocycles. The fraction of sp³-hybridized carbons (Fsp3) is 0.250. The van der Waals surface area contributed by atoms with E-state index in [2.05, 4.69) is 31.4 Å². The Morgan fingerprint density at radius 1 is 1.07 bits per heavy atom. The minimum atomic E-state index is -0.125. The van der Waals surface area contributed by atoms with E-state index >= 15 is 0 Å². The van der Waals surface area contributed by atoms with Crippen LogP contribution < -0.4 is 19.5 Å². The molecule has 0 atom stereocenters. The number of nitrogens with zero attached hydrogens (tertiary/aromatic N) is 3. The molecule has 0 bridgehead atoms. The quantitative estimate of drug-likeness (QED) is 0.475. The van der Waals surface area contributed by atoms with E-state index in [4.69, 9.17) is 14.2 Å². The number of halogens is 1. The molecule has 158 valence electrons. The maximum Gasteiger partial charge on any atom is 0.234 e. The third-order valence-electron chi connectivity index (χ3n) is 4.22. The number of aromatic nitrogens is 3. The van der Waals surface area contributed by atoms with Crippen molar-refractivity contribution < 1.29 is 19.0 Å². The number of rotatable bonds is 8. The monoisotopic (exact) mass is 492 g/mol. The van der Waals surface area contributed by atoms with Crippen LogP contribution in [-0.2, 0) is 11.8 Å². The summed E-state index contributed by atoms with van der Waals surface area (Å²) < 4.78 is 18.9. The van der Waals surface area contributed by atoms with Crippen molar-refractivity contribution in [1.82, 2.24) is 14.8 Å². The molecule has 0 aliphatic heterocycles. The average molecular weight is 493 g/mol. The Hall–Kier alpha value is -2.72. The van der Waals surface area contributed by atoms with Crippen molar-refractivity contribution in [2.24, 2.45) is 7.05 Å². The molecule has 8 nitrogen and oxygen atoms in total. The van der Waals surface area contributed by atoms with Crippen molar-refractivity contribution in [3.05, 3.63) is 40.9 Å². The largest absolute Gasteiger partial charge is 0.493 e. The zero-order valence-corrected chi connectivity index (χ0v) is 19.3. The van der Waals surface area contributed by atoms with Crippen molar-refractivity contribution in [1.29, 1.82) is 0 Å². The second-order valence-electron chi connectivity index (χ2n) is 6.12. The first-order chi connectivity index (χ1) is 14.5. The molecule has 1 amide bonds. The molecule has 0 unspecified atom stereocenters. The predicted octanol–water partition coefficient (Wildman–Crippen LogP) is 4.00. The molecule has 1 N–H and O–H groups in total. The minimum Gasteiger partial charge on any atom is -0.493 e. The molecule has 10 heteroatoms. The molecule has 0 radical (unpaired) electrons. The number of hydrogen-bond donors (Lipinski definition) is 1. The number of anilines is 1. The average Bonchev–Trinajstić information content (AvgIpc) is 3.13. The molecule has 2 aromatic carbocycles. The molecule has 1 aromatic heterocycles. The molecule has 30 heavy (non-hydrogen) atoms. The van der Waals surface area contributed by atoms with Crippen molar-refractivity contribution >= 4 is 39.3 Å². The highest BCUT2D eigenvalue weighted by Gasteiger charge is 2.18. The summed E-state index contributed by atoms with van der Waals surface area (Å²) in [5, 5.41) is 12.0. The number of ether oxygens (including phenoxy) is 3. The normalized spacial score (nSPS) is 10.6. The lowest BCUT2D eigenvalue weighted by atomic mass is 10.1. The van der Waals surface area contributed by atoms with Gasteiger partial charge in [0, 0.05) is 22.8 Å². The molecular formula is C20H21BrN4O4S. The van der Waals surface area contributed by atoms with Gasteiger partial charge in [-0.15, -0.1) is 10.2 Å². The van der Waals surface area contributed by atoms with Crippen LogP contribution in [0.4, 0.5) is 5.69 Å². The molecule has 0 aliphatic carbocycles. The van der Waals surface area contributed by atoms with Crippen LogP contribution in [0.15, 0.2) is 46.0 Å². The summed E-state index contributed by atoms with van der Waals surface area (Å²) in [6.45, 7) is 0. The number of methoxy groups -OCH3 is 3. The van der Waals surface area contributed by atoms with Gasteiger partial charge in [0.2, 0.25) is 11.7 Å². The molecule has 0 spiro atoms. The molecule has 3 rings (SSSR count). The fourth-order valence-corrected chi connectivity index (χ4v) is 3.74. The number of nitrogens with one attached hydrogen (secondary N) is 1. The lowest BCUT2D eigenvalue weighted by Gasteiger charge is -2.14. The Bertz CT molecular complexity index is 1010. The zero-order valence-electron chi connectivity index (χ0n) is 16.9. The van der Waals surface area contributed by atoms with Crippen molar-refractivity contribution in [3.8, 4) is 28.6 Å². The third kappa shape index (κ3) is 4.88. The molecule has 0 saturated heterocycles. The van der Waals surface area contributed by atoms with Gasteiger partial charge in [0.25, 0.3) is 0 Å². The van der Waals surface area contributed by atoms with Gasteiger partial charge in [0.05, 0.1) is 27.1 Å². The highest BCUT2D eigenvalue weighted by molar-refractivity contribution is 9.10.